The highest BCUT2D eigenvalue weighted by Crippen LogP contribution is 2.18. The summed E-state index contributed by atoms with van der Waals surface area (Å²) in [6.45, 7) is 5.39. The Kier molecular flexibility index (Phi) is 60.9. The van der Waals surface area contributed by atoms with E-state index < -0.39 is 6.29 Å². The predicted molar refractivity (Wildman–Crippen MR) is 315 cm³/mol. The van der Waals surface area contributed by atoms with Gasteiger partial charge < -0.3 is 24.1 Å². The molecule has 444 valence electrons. The van der Waals surface area contributed by atoms with Gasteiger partial charge in [-0.3, -0.25) is 19.2 Å². The first-order valence-corrected chi connectivity index (χ1v) is 33.2. The zero-order chi connectivity index (χ0) is 54.4. The third kappa shape index (κ3) is 62.6. The molecule has 0 aromatic rings. The van der Waals surface area contributed by atoms with Crippen LogP contribution in [0.15, 0.2) is 0 Å². The summed E-state index contributed by atoms with van der Waals surface area (Å²) in [7, 11) is 0. The molecule has 1 N–H and O–H groups in total. The third-order valence-electron chi connectivity index (χ3n) is 15.2. The standard InChI is InChI=1S/C66H126O9/c1-3-4-5-6-7-8-9-13-20-27-34-41-48-55-63(68)72-60-53-46-39-32-25-18-11-15-21-28-35-42-49-56-64(69)73-61-54-47-40-33-26-19-12-16-23-30-37-44-51-58-66(71)75-62(2)74-65(70)57-50-43-36-29-22-14-10-17-24-31-38-45-52-59-67/h62,67H,3-61H2,1-2H3. The molecule has 0 saturated heterocycles. The lowest BCUT2D eigenvalue weighted by molar-refractivity contribution is -0.184. The number of carbonyl (C=O) groups excluding carboxylic acids is 4. The lowest BCUT2D eigenvalue weighted by Crippen LogP contribution is -2.21. The second-order valence-electron chi connectivity index (χ2n) is 22.7. The minimum absolute atomic E-state index is 0.000210. The summed E-state index contributed by atoms with van der Waals surface area (Å²) in [6.07, 6.45) is 64.7. The molecule has 0 bridgehead atoms. The average Bonchev–Trinajstić information content (AvgIpc) is 3.39. The highest BCUT2D eigenvalue weighted by Gasteiger charge is 2.14. The Morgan fingerprint density at radius 3 is 0.680 bits per heavy atom. The van der Waals surface area contributed by atoms with E-state index >= 15 is 0 Å². The summed E-state index contributed by atoms with van der Waals surface area (Å²) in [4.78, 5) is 48.6. The van der Waals surface area contributed by atoms with E-state index in [1.165, 1.54) is 231 Å². The van der Waals surface area contributed by atoms with Crippen LogP contribution in [0.2, 0.25) is 0 Å². The maximum absolute atomic E-state index is 12.2. The van der Waals surface area contributed by atoms with Crippen molar-refractivity contribution in [1.82, 2.24) is 0 Å². The van der Waals surface area contributed by atoms with Crippen LogP contribution in [-0.4, -0.2) is 55.1 Å². The monoisotopic (exact) mass is 1060 g/mol. The maximum Gasteiger partial charge on any atom is 0.308 e. The number of ether oxygens (including phenoxy) is 4. The summed E-state index contributed by atoms with van der Waals surface area (Å²) in [6, 6.07) is 0. The maximum atomic E-state index is 12.2. The van der Waals surface area contributed by atoms with Gasteiger partial charge in [0, 0.05) is 39.2 Å². The van der Waals surface area contributed by atoms with Gasteiger partial charge >= 0.3 is 23.9 Å². The Labute approximate surface area is 464 Å². The predicted octanol–water partition coefficient (Wildman–Crippen LogP) is 20.4. The Balaban J connectivity index is 3.33. The van der Waals surface area contributed by atoms with Gasteiger partial charge in [-0.2, -0.15) is 0 Å². The van der Waals surface area contributed by atoms with Crippen LogP contribution in [0.3, 0.4) is 0 Å². The molecule has 0 rings (SSSR count). The van der Waals surface area contributed by atoms with Crippen LogP contribution in [0.5, 0.6) is 0 Å². The largest absolute Gasteiger partial charge is 0.466 e. The Morgan fingerprint density at radius 1 is 0.267 bits per heavy atom. The van der Waals surface area contributed by atoms with E-state index in [9.17, 15) is 19.2 Å². The van der Waals surface area contributed by atoms with Crippen molar-refractivity contribution in [3.8, 4) is 0 Å². The molecule has 1 unspecified atom stereocenters. The molecule has 1 atom stereocenters. The lowest BCUT2D eigenvalue weighted by atomic mass is 10.0. The highest BCUT2D eigenvalue weighted by atomic mass is 16.7. The summed E-state index contributed by atoms with van der Waals surface area (Å²) in [5.41, 5.74) is 0. The van der Waals surface area contributed by atoms with Crippen molar-refractivity contribution in [3.63, 3.8) is 0 Å². The minimum atomic E-state index is -0.819. The highest BCUT2D eigenvalue weighted by molar-refractivity contribution is 5.71. The molecule has 0 amide bonds. The molecular weight excluding hydrogens is 937 g/mol. The Hall–Kier alpha value is -2.16. The molecule has 0 aliphatic heterocycles. The molecule has 0 aliphatic carbocycles. The van der Waals surface area contributed by atoms with E-state index in [1.807, 2.05) is 0 Å². The van der Waals surface area contributed by atoms with Gasteiger partial charge in [0.15, 0.2) is 0 Å². The van der Waals surface area contributed by atoms with E-state index in [1.54, 1.807) is 6.92 Å². The number of aliphatic hydroxyl groups is 1. The molecule has 75 heavy (non-hydrogen) atoms. The molecule has 0 spiro atoms. The smallest absolute Gasteiger partial charge is 0.308 e. The lowest BCUT2D eigenvalue weighted by Gasteiger charge is -2.14. The Bertz CT molecular complexity index is 1190. The van der Waals surface area contributed by atoms with E-state index in [4.69, 9.17) is 24.1 Å². The van der Waals surface area contributed by atoms with Gasteiger partial charge in [-0.25, -0.2) is 0 Å². The number of rotatable bonds is 63. The first kappa shape index (κ1) is 72.8. The second kappa shape index (κ2) is 62.7. The molecule has 9 heteroatoms. The fourth-order valence-electron chi connectivity index (χ4n) is 10.3. The van der Waals surface area contributed by atoms with Gasteiger partial charge in [-0.1, -0.05) is 296 Å². The summed E-state index contributed by atoms with van der Waals surface area (Å²) in [5, 5.41) is 8.83. The molecule has 0 fully saturated rings. The van der Waals surface area contributed by atoms with Crippen LogP contribution in [0.25, 0.3) is 0 Å². The number of unbranched alkanes of at least 4 members (excludes halogenated alkanes) is 48. The first-order chi connectivity index (χ1) is 36.9. The quantitative estimate of drug-likeness (QED) is 0.0274. The average molecular weight is 1060 g/mol. The summed E-state index contributed by atoms with van der Waals surface area (Å²) >= 11 is 0. The fourth-order valence-corrected chi connectivity index (χ4v) is 10.3. The topological polar surface area (TPSA) is 125 Å². The normalized spacial score (nSPS) is 11.8. The number of esters is 4. The number of hydrogen-bond acceptors (Lipinski definition) is 9. The Morgan fingerprint density at radius 2 is 0.453 bits per heavy atom. The summed E-state index contributed by atoms with van der Waals surface area (Å²) < 4.78 is 21.6. The molecule has 0 aromatic carbocycles. The van der Waals surface area contributed by atoms with Crippen molar-refractivity contribution in [2.24, 2.45) is 0 Å². The zero-order valence-corrected chi connectivity index (χ0v) is 50.0. The molecular formula is C66H126O9. The van der Waals surface area contributed by atoms with E-state index in [0.717, 1.165) is 103 Å². The number of aliphatic hydroxyl groups excluding tert-OH is 1. The van der Waals surface area contributed by atoms with Crippen molar-refractivity contribution in [1.29, 1.82) is 0 Å². The van der Waals surface area contributed by atoms with Gasteiger partial charge in [0.05, 0.1) is 13.2 Å². The van der Waals surface area contributed by atoms with Crippen molar-refractivity contribution in [2.45, 2.75) is 380 Å². The van der Waals surface area contributed by atoms with Crippen LogP contribution in [0.4, 0.5) is 0 Å². The number of carbonyl (C=O) groups is 4. The SMILES string of the molecule is CCCCCCCCCCCCCCCC(=O)OCCCCCCCCCCCCCCCC(=O)OCCCCCCCCCCCCCCCC(=O)OC(C)OC(=O)CCCCCCCCCCCCCCCO. The van der Waals surface area contributed by atoms with Crippen LogP contribution in [-0.2, 0) is 38.1 Å². The molecule has 0 aromatic heterocycles. The van der Waals surface area contributed by atoms with Crippen molar-refractivity contribution in [3.05, 3.63) is 0 Å². The van der Waals surface area contributed by atoms with Crippen molar-refractivity contribution in [2.75, 3.05) is 19.8 Å². The number of hydrogen-bond donors (Lipinski definition) is 1. The van der Waals surface area contributed by atoms with E-state index in [0.29, 0.717) is 45.5 Å². The van der Waals surface area contributed by atoms with E-state index in [-0.39, 0.29) is 23.9 Å². The van der Waals surface area contributed by atoms with Crippen LogP contribution in [0, 0.1) is 0 Å². The van der Waals surface area contributed by atoms with E-state index in [2.05, 4.69) is 6.92 Å². The first-order valence-electron chi connectivity index (χ1n) is 33.2. The minimum Gasteiger partial charge on any atom is -0.466 e. The van der Waals surface area contributed by atoms with Crippen molar-refractivity contribution >= 4 is 23.9 Å². The van der Waals surface area contributed by atoms with Gasteiger partial charge in [-0.15, -0.1) is 0 Å². The molecule has 0 heterocycles. The van der Waals surface area contributed by atoms with Gasteiger partial charge in [0.2, 0.25) is 6.29 Å². The van der Waals surface area contributed by atoms with Crippen LogP contribution < -0.4 is 0 Å². The molecule has 0 saturated carbocycles. The summed E-state index contributed by atoms with van der Waals surface area (Å²) in [5.74, 6) is -0.588. The molecule has 9 nitrogen and oxygen atoms in total. The second-order valence-corrected chi connectivity index (χ2v) is 22.7. The van der Waals surface area contributed by atoms with Gasteiger partial charge in [0.1, 0.15) is 0 Å². The third-order valence-corrected chi connectivity index (χ3v) is 15.2. The molecule has 0 aliphatic rings. The van der Waals surface area contributed by atoms with Crippen LogP contribution >= 0.6 is 0 Å². The molecule has 0 radical (unpaired) electrons. The van der Waals surface area contributed by atoms with Gasteiger partial charge in [-0.05, 0) is 44.9 Å². The fraction of sp³-hybridized carbons (Fsp3) is 0.939. The van der Waals surface area contributed by atoms with Crippen molar-refractivity contribution < 1.29 is 43.2 Å². The van der Waals surface area contributed by atoms with Crippen LogP contribution in [0.1, 0.15) is 373 Å². The van der Waals surface area contributed by atoms with Gasteiger partial charge in [0.25, 0.3) is 0 Å². The zero-order valence-electron chi connectivity index (χ0n) is 50.0.